The maximum Gasteiger partial charge on any atom is 0.252 e. The first-order valence-corrected chi connectivity index (χ1v) is 12.8. The minimum Gasteiger partial charge on any atom is -0.497 e. The zero-order chi connectivity index (χ0) is 22.7. The predicted octanol–water partition coefficient (Wildman–Crippen LogP) is 4.70. The van der Waals surface area contributed by atoms with Gasteiger partial charge in [0.15, 0.2) is 0 Å². The topological polar surface area (TPSA) is 75.7 Å². The number of nitrogens with one attached hydrogen (secondary N) is 1. The summed E-state index contributed by atoms with van der Waals surface area (Å²) in [6.45, 7) is 3.08. The van der Waals surface area contributed by atoms with Crippen LogP contribution in [-0.4, -0.2) is 38.8 Å². The van der Waals surface area contributed by atoms with E-state index >= 15 is 0 Å². The van der Waals surface area contributed by atoms with Gasteiger partial charge in [-0.2, -0.15) is 4.31 Å². The zero-order valence-electron chi connectivity index (χ0n) is 18.1. The standard InChI is InChI=1S/C24H26N2O4S2/c1-17(18-7-6-10-21(16-18)30-2)25-24(27)20-9-5-8-19(15-20)22-11-12-23(31-22)32(28,29)26-13-3-4-14-26/h5-12,15-17H,3-4,13-14H2,1-2H3,(H,25,27)/t17-/m0/s1. The Morgan fingerprint density at radius 2 is 1.81 bits per heavy atom. The summed E-state index contributed by atoms with van der Waals surface area (Å²) in [6, 6.07) is 18.1. The molecule has 1 aromatic heterocycles. The van der Waals surface area contributed by atoms with Crippen molar-refractivity contribution in [1.29, 1.82) is 0 Å². The zero-order valence-corrected chi connectivity index (χ0v) is 19.7. The van der Waals surface area contributed by atoms with E-state index in [1.165, 1.54) is 11.3 Å². The van der Waals surface area contributed by atoms with Gasteiger partial charge in [0.1, 0.15) is 9.96 Å². The number of rotatable bonds is 7. The molecule has 1 atom stereocenters. The van der Waals surface area contributed by atoms with Crippen LogP contribution in [0.5, 0.6) is 5.75 Å². The highest BCUT2D eigenvalue weighted by molar-refractivity contribution is 7.91. The van der Waals surface area contributed by atoms with Gasteiger partial charge in [-0.25, -0.2) is 8.42 Å². The number of methoxy groups -OCH3 is 1. The maximum absolute atomic E-state index is 12.9. The molecule has 2 aromatic carbocycles. The van der Waals surface area contributed by atoms with E-state index < -0.39 is 10.0 Å². The summed E-state index contributed by atoms with van der Waals surface area (Å²) in [6.07, 6.45) is 1.81. The Morgan fingerprint density at radius 3 is 2.56 bits per heavy atom. The van der Waals surface area contributed by atoms with Crippen LogP contribution in [0.3, 0.4) is 0 Å². The molecule has 168 valence electrons. The summed E-state index contributed by atoms with van der Waals surface area (Å²) < 4.78 is 32.8. The van der Waals surface area contributed by atoms with Crippen LogP contribution < -0.4 is 10.1 Å². The van der Waals surface area contributed by atoms with Gasteiger partial charge in [-0.1, -0.05) is 24.3 Å². The first kappa shape index (κ1) is 22.5. The van der Waals surface area contributed by atoms with Gasteiger partial charge in [0, 0.05) is 23.5 Å². The molecule has 2 heterocycles. The lowest BCUT2D eigenvalue weighted by Gasteiger charge is -2.15. The van der Waals surface area contributed by atoms with Crippen molar-refractivity contribution in [1.82, 2.24) is 9.62 Å². The smallest absolute Gasteiger partial charge is 0.252 e. The third-order valence-corrected chi connectivity index (χ3v) is 9.09. The average Bonchev–Trinajstić information content (AvgIpc) is 3.52. The molecule has 0 radical (unpaired) electrons. The second kappa shape index (κ2) is 9.44. The van der Waals surface area contributed by atoms with Crippen molar-refractivity contribution >= 4 is 27.3 Å². The molecule has 1 aliphatic heterocycles. The van der Waals surface area contributed by atoms with Crippen LogP contribution in [0, 0.1) is 0 Å². The van der Waals surface area contributed by atoms with Crippen molar-refractivity contribution in [3.63, 3.8) is 0 Å². The number of amides is 1. The number of benzene rings is 2. The fourth-order valence-corrected chi connectivity index (χ4v) is 6.73. The highest BCUT2D eigenvalue weighted by Gasteiger charge is 2.28. The predicted molar refractivity (Wildman–Crippen MR) is 127 cm³/mol. The number of hydrogen-bond donors (Lipinski definition) is 1. The van der Waals surface area contributed by atoms with Crippen molar-refractivity contribution in [2.24, 2.45) is 0 Å². The van der Waals surface area contributed by atoms with E-state index in [1.807, 2.05) is 49.4 Å². The van der Waals surface area contributed by atoms with Crippen molar-refractivity contribution in [3.8, 4) is 16.2 Å². The largest absolute Gasteiger partial charge is 0.497 e. The van der Waals surface area contributed by atoms with Crippen LogP contribution in [0.1, 0.15) is 41.7 Å². The fourth-order valence-electron chi connectivity index (χ4n) is 3.76. The second-order valence-electron chi connectivity index (χ2n) is 7.78. The summed E-state index contributed by atoms with van der Waals surface area (Å²) in [5.41, 5.74) is 2.29. The van der Waals surface area contributed by atoms with E-state index in [4.69, 9.17) is 4.74 Å². The van der Waals surface area contributed by atoms with Crippen molar-refractivity contribution in [2.75, 3.05) is 20.2 Å². The lowest BCUT2D eigenvalue weighted by Crippen LogP contribution is -2.27. The van der Waals surface area contributed by atoms with E-state index in [-0.39, 0.29) is 11.9 Å². The molecule has 0 aliphatic carbocycles. The van der Waals surface area contributed by atoms with Gasteiger partial charge in [0.2, 0.25) is 0 Å². The number of thiophene rings is 1. The average molecular weight is 471 g/mol. The van der Waals surface area contributed by atoms with Crippen LogP contribution in [0.4, 0.5) is 0 Å². The number of nitrogens with zero attached hydrogens (tertiary/aromatic N) is 1. The number of sulfonamides is 1. The van der Waals surface area contributed by atoms with Crippen molar-refractivity contribution in [3.05, 3.63) is 71.8 Å². The molecule has 32 heavy (non-hydrogen) atoms. The van der Waals surface area contributed by atoms with E-state index in [1.54, 1.807) is 29.6 Å². The summed E-state index contributed by atoms with van der Waals surface area (Å²) in [5.74, 6) is 0.548. The molecule has 1 amide bonds. The molecule has 1 aliphatic rings. The lowest BCUT2D eigenvalue weighted by atomic mass is 10.1. The fraction of sp³-hybridized carbons (Fsp3) is 0.292. The van der Waals surface area contributed by atoms with Crippen LogP contribution in [0.15, 0.2) is 64.9 Å². The van der Waals surface area contributed by atoms with E-state index in [2.05, 4.69) is 5.32 Å². The highest BCUT2D eigenvalue weighted by atomic mass is 32.2. The van der Waals surface area contributed by atoms with E-state index in [9.17, 15) is 13.2 Å². The first-order chi connectivity index (χ1) is 15.4. The highest BCUT2D eigenvalue weighted by Crippen LogP contribution is 2.33. The molecule has 0 spiro atoms. The Labute approximate surface area is 192 Å². The maximum atomic E-state index is 12.9. The van der Waals surface area contributed by atoms with Crippen molar-refractivity contribution < 1.29 is 17.9 Å². The molecule has 0 bridgehead atoms. The molecule has 8 heteroatoms. The molecule has 1 saturated heterocycles. The molecular formula is C24H26N2O4S2. The van der Waals surface area contributed by atoms with Crippen LogP contribution in [-0.2, 0) is 10.0 Å². The van der Waals surface area contributed by atoms with Gasteiger partial charge >= 0.3 is 0 Å². The Bertz CT molecular complexity index is 1210. The van der Waals surface area contributed by atoms with Gasteiger partial charge in [-0.15, -0.1) is 11.3 Å². The van der Waals surface area contributed by atoms with Crippen LogP contribution in [0.25, 0.3) is 10.4 Å². The number of ether oxygens (including phenoxy) is 1. The number of hydrogen-bond acceptors (Lipinski definition) is 5. The monoisotopic (exact) mass is 470 g/mol. The van der Waals surface area contributed by atoms with Crippen LogP contribution >= 0.6 is 11.3 Å². The Hall–Kier alpha value is -2.68. The van der Waals surface area contributed by atoms with Gasteiger partial charge in [0.25, 0.3) is 15.9 Å². The molecule has 6 nitrogen and oxygen atoms in total. The molecule has 3 aromatic rings. The van der Waals surface area contributed by atoms with E-state index in [0.717, 1.165) is 34.6 Å². The molecule has 0 saturated carbocycles. The minimum absolute atomic E-state index is 0.191. The molecule has 4 rings (SSSR count). The Kier molecular flexibility index (Phi) is 6.64. The quantitative estimate of drug-likeness (QED) is 0.543. The lowest BCUT2D eigenvalue weighted by molar-refractivity contribution is 0.0940. The van der Waals surface area contributed by atoms with E-state index in [0.29, 0.717) is 22.9 Å². The van der Waals surface area contributed by atoms with Gasteiger partial charge in [-0.05, 0) is 67.3 Å². The first-order valence-electron chi connectivity index (χ1n) is 10.5. The minimum atomic E-state index is -3.44. The molecule has 1 N–H and O–H groups in total. The van der Waals surface area contributed by atoms with Crippen molar-refractivity contribution in [2.45, 2.75) is 30.0 Å². The van der Waals surface area contributed by atoms with Crippen LogP contribution in [0.2, 0.25) is 0 Å². The molecule has 1 fully saturated rings. The Morgan fingerprint density at radius 1 is 1.06 bits per heavy atom. The summed E-state index contributed by atoms with van der Waals surface area (Å²) >= 11 is 1.24. The third-order valence-electron chi connectivity index (χ3n) is 5.59. The molecule has 0 unspecified atom stereocenters. The summed E-state index contributed by atoms with van der Waals surface area (Å²) in [7, 11) is -1.83. The molecular weight excluding hydrogens is 444 g/mol. The normalized spacial score (nSPS) is 15.4. The number of carbonyl (C=O) groups excluding carboxylic acids is 1. The number of carbonyl (C=O) groups is 1. The SMILES string of the molecule is COc1cccc([C@H](C)NC(=O)c2cccc(-c3ccc(S(=O)(=O)N4CCCC4)s3)c2)c1. The summed E-state index contributed by atoms with van der Waals surface area (Å²) in [5, 5.41) is 3.02. The van der Waals surface area contributed by atoms with Gasteiger partial charge in [0.05, 0.1) is 13.2 Å². The summed E-state index contributed by atoms with van der Waals surface area (Å²) in [4.78, 5) is 13.7. The third kappa shape index (κ3) is 4.72. The Balaban J connectivity index is 1.51. The van der Waals surface area contributed by atoms with Gasteiger partial charge in [-0.3, -0.25) is 4.79 Å². The van der Waals surface area contributed by atoms with Gasteiger partial charge < -0.3 is 10.1 Å². The second-order valence-corrected chi connectivity index (χ2v) is 11.0.